The van der Waals surface area contributed by atoms with E-state index in [-0.39, 0.29) is 17.6 Å². The van der Waals surface area contributed by atoms with Crippen LogP contribution in [-0.4, -0.2) is 46.1 Å². The number of aromatic carboxylic acids is 1. The number of esters is 1. The van der Waals surface area contributed by atoms with Gasteiger partial charge in [0.2, 0.25) is 0 Å². The van der Waals surface area contributed by atoms with Gasteiger partial charge < -0.3 is 19.5 Å². The predicted molar refractivity (Wildman–Crippen MR) is 206 cm³/mol. The van der Waals surface area contributed by atoms with Crippen molar-refractivity contribution in [3.05, 3.63) is 131 Å². The second-order valence-corrected chi connectivity index (χ2v) is 13.8. The largest absolute Gasteiger partial charge is 0.476 e. The normalized spacial score (nSPS) is 12.3. The number of nitrogens with one attached hydrogen (secondary N) is 1. The minimum atomic E-state index is -1.14. The first-order valence-corrected chi connectivity index (χ1v) is 18.4. The smallest absolute Gasteiger partial charge is 0.355 e. The number of aromatic nitrogens is 2. The maximum absolute atomic E-state index is 13.5. The molecule has 1 amide bonds. The fourth-order valence-corrected chi connectivity index (χ4v) is 7.48. The van der Waals surface area contributed by atoms with E-state index in [0.29, 0.717) is 78.1 Å². The Balaban J connectivity index is 1.08. The van der Waals surface area contributed by atoms with Crippen LogP contribution in [0, 0.1) is 6.92 Å². The number of fused-ring (bicyclic) bond motifs is 2. The molecule has 0 saturated heterocycles. The molecule has 7 rings (SSSR count). The molecule has 2 aromatic heterocycles. The number of amides is 1. The summed E-state index contributed by atoms with van der Waals surface area (Å²) >= 11 is 1.43. The van der Waals surface area contributed by atoms with Crippen LogP contribution in [0.1, 0.15) is 62.9 Å². The molecular formula is C42H38N4O6S. The first-order valence-electron chi connectivity index (χ1n) is 17.6. The summed E-state index contributed by atoms with van der Waals surface area (Å²) in [6, 6.07) is 30.4. The Labute approximate surface area is 311 Å². The van der Waals surface area contributed by atoms with Gasteiger partial charge in [-0.1, -0.05) is 59.9 Å². The Kier molecular flexibility index (Phi) is 10.4. The number of hydrogen-bond donors (Lipinski definition) is 2. The van der Waals surface area contributed by atoms with Crippen LogP contribution in [0.5, 0.6) is 11.5 Å². The molecule has 53 heavy (non-hydrogen) atoms. The lowest BCUT2D eigenvalue weighted by molar-refractivity contribution is -0.143. The third-order valence-corrected chi connectivity index (χ3v) is 10.3. The number of carboxylic acid groups (broad SMARTS) is 1. The number of carboxylic acids is 1. The van der Waals surface area contributed by atoms with E-state index in [1.807, 2.05) is 103 Å². The van der Waals surface area contributed by atoms with E-state index in [9.17, 15) is 19.5 Å². The molecule has 0 unspecified atom stereocenters. The fourth-order valence-electron chi connectivity index (χ4n) is 6.62. The van der Waals surface area contributed by atoms with Gasteiger partial charge in [-0.05, 0) is 109 Å². The average Bonchev–Trinajstić information content (AvgIpc) is 3.58. The molecule has 0 atom stereocenters. The van der Waals surface area contributed by atoms with Crippen molar-refractivity contribution in [3.63, 3.8) is 0 Å². The Morgan fingerprint density at radius 2 is 1.72 bits per heavy atom. The Hall–Kier alpha value is -6.07. The number of aryl methyl sites for hydroxylation is 1. The molecular weight excluding hydrogens is 689 g/mol. The Morgan fingerprint density at radius 1 is 0.906 bits per heavy atom. The molecule has 0 saturated carbocycles. The molecule has 0 spiro atoms. The van der Waals surface area contributed by atoms with Crippen LogP contribution in [0.4, 0.5) is 10.9 Å². The number of thiazole rings is 1. The second-order valence-electron chi connectivity index (χ2n) is 12.8. The van der Waals surface area contributed by atoms with E-state index in [1.54, 1.807) is 13.0 Å². The molecule has 2 N–H and O–H groups in total. The van der Waals surface area contributed by atoms with Crippen LogP contribution in [0.25, 0.3) is 21.3 Å². The van der Waals surface area contributed by atoms with Crippen molar-refractivity contribution in [2.45, 2.75) is 46.1 Å². The lowest BCUT2D eigenvalue weighted by Crippen LogP contribution is -2.33. The number of ether oxygens (including phenoxy) is 2. The first kappa shape index (κ1) is 35.3. The van der Waals surface area contributed by atoms with E-state index in [1.165, 1.54) is 11.3 Å². The SMILES string of the molecule is CCOC(=O)CCCc1ccc(Oc2cccc(-c3ccc(N4CCc5cccc(C(=O)Nc6nc7ccccc7s6)c5C4)nc3C(=O)O)c2C)cc1. The summed E-state index contributed by atoms with van der Waals surface area (Å²) in [5.41, 5.74) is 6.32. The molecule has 10 nitrogen and oxygen atoms in total. The number of benzene rings is 4. The number of carbonyl (C=O) groups excluding carboxylic acids is 2. The lowest BCUT2D eigenvalue weighted by atomic mass is 9.94. The molecule has 0 bridgehead atoms. The zero-order chi connectivity index (χ0) is 36.9. The molecule has 0 radical (unpaired) electrons. The Bertz CT molecular complexity index is 2290. The zero-order valence-corrected chi connectivity index (χ0v) is 30.2. The number of pyridine rings is 1. The first-order chi connectivity index (χ1) is 25.8. The minimum absolute atomic E-state index is 0.0671. The van der Waals surface area contributed by atoms with Crippen molar-refractivity contribution < 1.29 is 29.0 Å². The molecule has 268 valence electrons. The van der Waals surface area contributed by atoms with Crippen molar-refractivity contribution in [1.82, 2.24) is 9.97 Å². The molecule has 1 aliphatic heterocycles. The molecule has 6 aromatic rings. The van der Waals surface area contributed by atoms with Gasteiger partial charge in [0.15, 0.2) is 10.8 Å². The molecule has 0 aliphatic carbocycles. The van der Waals surface area contributed by atoms with Gasteiger partial charge in [-0.25, -0.2) is 14.8 Å². The second kappa shape index (κ2) is 15.7. The van der Waals surface area contributed by atoms with Gasteiger partial charge >= 0.3 is 11.9 Å². The number of para-hydroxylation sites is 1. The van der Waals surface area contributed by atoms with Crippen molar-refractivity contribution in [2.75, 3.05) is 23.4 Å². The van der Waals surface area contributed by atoms with Crippen LogP contribution >= 0.6 is 11.3 Å². The molecule has 0 fully saturated rings. The summed E-state index contributed by atoms with van der Waals surface area (Å²) in [5.74, 6) is 0.196. The zero-order valence-electron chi connectivity index (χ0n) is 29.4. The number of rotatable bonds is 12. The van der Waals surface area contributed by atoms with Crippen molar-refractivity contribution in [2.24, 2.45) is 0 Å². The molecule has 11 heteroatoms. The van der Waals surface area contributed by atoms with E-state index in [4.69, 9.17) is 9.47 Å². The molecule has 3 heterocycles. The van der Waals surface area contributed by atoms with Gasteiger partial charge in [0, 0.05) is 30.6 Å². The van der Waals surface area contributed by atoms with E-state index < -0.39 is 5.97 Å². The maximum Gasteiger partial charge on any atom is 0.355 e. The van der Waals surface area contributed by atoms with E-state index >= 15 is 0 Å². The van der Waals surface area contributed by atoms with Crippen molar-refractivity contribution >= 4 is 50.3 Å². The van der Waals surface area contributed by atoms with E-state index in [2.05, 4.69) is 15.3 Å². The summed E-state index contributed by atoms with van der Waals surface area (Å²) in [7, 11) is 0. The van der Waals surface area contributed by atoms with Gasteiger partial charge in [0.25, 0.3) is 5.91 Å². The molecule has 4 aromatic carbocycles. The molecule has 1 aliphatic rings. The van der Waals surface area contributed by atoms with E-state index in [0.717, 1.165) is 38.9 Å². The van der Waals surface area contributed by atoms with Crippen molar-refractivity contribution in [1.29, 1.82) is 0 Å². The van der Waals surface area contributed by atoms with Gasteiger partial charge in [-0.2, -0.15) is 0 Å². The van der Waals surface area contributed by atoms with Crippen LogP contribution in [0.3, 0.4) is 0 Å². The standard InChI is InChI=1S/C42H38N4O6S/c1-3-51-38(47)16-6-9-27-17-19-29(20-18-27)52-35-14-8-11-30(26(35)2)31-21-22-37(44-39(31)41(49)50)46-24-23-28-10-7-12-32(33(28)25-46)40(48)45-42-43-34-13-4-5-15-36(34)53-42/h4-5,7-8,10-15,17-22H,3,6,9,16,23-25H2,1-2H3,(H,49,50)(H,43,45,48). The number of carbonyl (C=O) groups is 3. The van der Waals surface area contributed by atoms with Crippen LogP contribution < -0.4 is 15.0 Å². The fraction of sp³-hybridized carbons (Fsp3) is 0.214. The summed E-state index contributed by atoms with van der Waals surface area (Å²) in [6.45, 7) is 5.10. The third-order valence-electron chi connectivity index (χ3n) is 9.32. The summed E-state index contributed by atoms with van der Waals surface area (Å²) in [6.07, 6.45) is 2.51. The topological polar surface area (TPSA) is 131 Å². The highest BCUT2D eigenvalue weighted by atomic mass is 32.1. The van der Waals surface area contributed by atoms with Gasteiger partial charge in [0.05, 0.1) is 16.8 Å². The predicted octanol–water partition coefficient (Wildman–Crippen LogP) is 8.86. The Morgan fingerprint density at radius 3 is 2.51 bits per heavy atom. The number of hydrogen-bond acceptors (Lipinski definition) is 9. The van der Waals surface area contributed by atoms with Gasteiger partial charge in [-0.15, -0.1) is 0 Å². The number of anilines is 2. The number of nitrogens with zero attached hydrogens (tertiary/aromatic N) is 3. The minimum Gasteiger partial charge on any atom is -0.476 e. The van der Waals surface area contributed by atoms with Crippen LogP contribution in [0.2, 0.25) is 0 Å². The summed E-state index contributed by atoms with van der Waals surface area (Å²) in [4.78, 5) is 49.1. The van der Waals surface area contributed by atoms with Gasteiger partial charge in [0.1, 0.15) is 17.3 Å². The monoisotopic (exact) mass is 726 g/mol. The quantitative estimate of drug-likeness (QED) is 0.119. The van der Waals surface area contributed by atoms with Crippen LogP contribution in [-0.2, 0) is 28.9 Å². The van der Waals surface area contributed by atoms with Crippen molar-refractivity contribution in [3.8, 4) is 22.6 Å². The lowest BCUT2D eigenvalue weighted by Gasteiger charge is -2.31. The summed E-state index contributed by atoms with van der Waals surface area (Å²) in [5, 5.41) is 13.9. The van der Waals surface area contributed by atoms with Crippen LogP contribution in [0.15, 0.2) is 97.1 Å². The highest BCUT2D eigenvalue weighted by Gasteiger charge is 2.25. The highest BCUT2D eigenvalue weighted by Crippen LogP contribution is 2.36. The van der Waals surface area contributed by atoms with Gasteiger partial charge in [-0.3, -0.25) is 14.9 Å². The summed E-state index contributed by atoms with van der Waals surface area (Å²) < 4.78 is 12.3. The highest BCUT2D eigenvalue weighted by molar-refractivity contribution is 7.22. The third kappa shape index (κ3) is 7.90. The average molecular weight is 727 g/mol. The maximum atomic E-state index is 13.5.